The molecule has 0 atom stereocenters. The standard InChI is InChI=1S/C14H10Br2ClNO3/c15-7-9-1-4-14(13(5-9)18(19)20)21-8-10-2-3-11(16)6-12(10)17/h1-6H,7-8H2. The SMILES string of the molecule is O=[N+]([O-])c1cc(CBr)ccc1OCc1ccc(Br)cc1Cl. The molecular formula is C14H10Br2ClNO3. The molecule has 0 radical (unpaired) electrons. The minimum Gasteiger partial charge on any atom is -0.482 e. The summed E-state index contributed by atoms with van der Waals surface area (Å²) in [5, 5.41) is 12.2. The second-order valence-corrected chi connectivity index (χ2v) is 6.10. The Labute approximate surface area is 143 Å². The summed E-state index contributed by atoms with van der Waals surface area (Å²) in [7, 11) is 0. The first-order valence-electron chi connectivity index (χ1n) is 5.91. The van der Waals surface area contributed by atoms with Crippen molar-refractivity contribution >= 4 is 49.1 Å². The highest BCUT2D eigenvalue weighted by molar-refractivity contribution is 9.10. The zero-order chi connectivity index (χ0) is 15.4. The van der Waals surface area contributed by atoms with Crippen molar-refractivity contribution in [3.8, 4) is 5.75 Å². The van der Waals surface area contributed by atoms with Crippen LogP contribution >= 0.6 is 43.5 Å². The van der Waals surface area contributed by atoms with E-state index in [0.29, 0.717) is 10.4 Å². The average Bonchev–Trinajstić information content (AvgIpc) is 2.46. The zero-order valence-corrected chi connectivity index (χ0v) is 14.6. The molecule has 2 rings (SSSR count). The topological polar surface area (TPSA) is 52.4 Å². The fraction of sp³-hybridized carbons (Fsp3) is 0.143. The third-order valence-corrected chi connectivity index (χ3v) is 4.27. The molecule has 0 aliphatic carbocycles. The number of halogens is 3. The van der Waals surface area contributed by atoms with E-state index in [1.54, 1.807) is 18.2 Å². The molecule has 0 aliphatic heterocycles. The molecule has 0 saturated carbocycles. The number of hydrogen-bond acceptors (Lipinski definition) is 3. The molecule has 0 fully saturated rings. The highest BCUT2D eigenvalue weighted by atomic mass is 79.9. The number of rotatable bonds is 5. The van der Waals surface area contributed by atoms with Gasteiger partial charge in [-0.2, -0.15) is 0 Å². The van der Waals surface area contributed by atoms with E-state index < -0.39 is 4.92 Å². The number of benzene rings is 2. The number of ether oxygens (including phenoxy) is 1. The summed E-state index contributed by atoms with van der Waals surface area (Å²) in [6, 6.07) is 10.3. The Kier molecular flexibility index (Phi) is 5.61. The lowest BCUT2D eigenvalue weighted by molar-refractivity contribution is -0.386. The molecule has 110 valence electrons. The van der Waals surface area contributed by atoms with Gasteiger partial charge in [0, 0.05) is 26.5 Å². The Hall–Kier alpha value is -1.11. The van der Waals surface area contributed by atoms with Gasteiger partial charge in [0.25, 0.3) is 0 Å². The van der Waals surface area contributed by atoms with E-state index in [1.807, 2.05) is 12.1 Å². The van der Waals surface area contributed by atoms with Crippen molar-refractivity contribution in [3.63, 3.8) is 0 Å². The predicted octanol–water partition coefficient (Wildman–Crippen LogP) is 5.48. The van der Waals surface area contributed by atoms with Gasteiger partial charge in [-0.3, -0.25) is 10.1 Å². The fourth-order valence-electron chi connectivity index (χ4n) is 1.71. The van der Waals surface area contributed by atoms with Crippen LogP contribution in [-0.2, 0) is 11.9 Å². The van der Waals surface area contributed by atoms with E-state index in [-0.39, 0.29) is 18.0 Å². The molecule has 0 N–H and O–H groups in total. The van der Waals surface area contributed by atoms with Gasteiger partial charge < -0.3 is 4.74 Å². The fourth-order valence-corrected chi connectivity index (χ4v) is 2.78. The Morgan fingerprint density at radius 1 is 1.24 bits per heavy atom. The first-order valence-corrected chi connectivity index (χ1v) is 8.20. The average molecular weight is 435 g/mol. The van der Waals surface area contributed by atoms with Gasteiger partial charge in [-0.05, 0) is 23.8 Å². The molecule has 0 aliphatic rings. The van der Waals surface area contributed by atoms with Gasteiger partial charge in [-0.15, -0.1) is 0 Å². The highest BCUT2D eigenvalue weighted by Crippen LogP contribution is 2.30. The van der Waals surface area contributed by atoms with Gasteiger partial charge in [0.15, 0.2) is 5.75 Å². The lowest BCUT2D eigenvalue weighted by atomic mass is 10.2. The van der Waals surface area contributed by atoms with Crippen molar-refractivity contribution < 1.29 is 9.66 Å². The molecule has 0 aromatic heterocycles. The van der Waals surface area contributed by atoms with Crippen molar-refractivity contribution in [2.45, 2.75) is 11.9 Å². The van der Waals surface area contributed by atoms with E-state index in [9.17, 15) is 10.1 Å². The third kappa shape index (κ3) is 4.18. The summed E-state index contributed by atoms with van der Waals surface area (Å²) in [6.07, 6.45) is 0. The van der Waals surface area contributed by atoms with Gasteiger partial charge >= 0.3 is 5.69 Å². The van der Waals surface area contributed by atoms with Gasteiger partial charge in [0.1, 0.15) is 6.61 Å². The van der Waals surface area contributed by atoms with E-state index in [1.165, 1.54) is 6.07 Å². The number of alkyl halides is 1. The Morgan fingerprint density at radius 2 is 2.00 bits per heavy atom. The van der Waals surface area contributed by atoms with Crippen LogP contribution in [0.5, 0.6) is 5.75 Å². The number of nitro benzene ring substituents is 1. The predicted molar refractivity (Wildman–Crippen MR) is 89.2 cm³/mol. The van der Waals surface area contributed by atoms with Gasteiger partial charge in [-0.1, -0.05) is 55.6 Å². The van der Waals surface area contributed by atoms with Gasteiger partial charge in [0.05, 0.1) is 4.92 Å². The van der Waals surface area contributed by atoms with Crippen molar-refractivity contribution in [3.05, 3.63) is 67.1 Å². The quantitative estimate of drug-likeness (QED) is 0.355. The van der Waals surface area contributed by atoms with E-state index in [2.05, 4.69) is 31.9 Å². The van der Waals surface area contributed by atoms with Crippen LogP contribution in [-0.4, -0.2) is 4.92 Å². The lowest BCUT2D eigenvalue weighted by Crippen LogP contribution is -2.00. The molecule has 0 unspecified atom stereocenters. The lowest BCUT2D eigenvalue weighted by Gasteiger charge is -2.09. The Balaban J connectivity index is 2.21. The molecule has 0 amide bonds. The summed E-state index contributed by atoms with van der Waals surface area (Å²) < 4.78 is 6.41. The summed E-state index contributed by atoms with van der Waals surface area (Å²) in [6.45, 7) is 0.167. The number of nitrogens with zero attached hydrogens (tertiary/aromatic N) is 1. The molecule has 21 heavy (non-hydrogen) atoms. The van der Waals surface area contributed by atoms with Gasteiger partial charge in [-0.25, -0.2) is 0 Å². The zero-order valence-electron chi connectivity index (χ0n) is 10.7. The van der Waals surface area contributed by atoms with E-state index in [0.717, 1.165) is 15.6 Å². The molecule has 0 bridgehead atoms. The normalized spacial score (nSPS) is 10.4. The minimum atomic E-state index is -0.454. The molecular weight excluding hydrogens is 425 g/mol. The highest BCUT2D eigenvalue weighted by Gasteiger charge is 2.16. The van der Waals surface area contributed by atoms with Crippen LogP contribution in [0.4, 0.5) is 5.69 Å². The first-order chi connectivity index (χ1) is 10.0. The molecule has 0 heterocycles. The smallest absolute Gasteiger partial charge is 0.311 e. The molecule has 0 spiro atoms. The van der Waals surface area contributed by atoms with Crippen molar-refractivity contribution in [1.29, 1.82) is 0 Å². The molecule has 2 aromatic rings. The second kappa shape index (κ2) is 7.24. The van der Waals surface area contributed by atoms with Crippen LogP contribution in [0.3, 0.4) is 0 Å². The van der Waals surface area contributed by atoms with E-state index in [4.69, 9.17) is 16.3 Å². The number of nitro groups is 1. The molecule has 7 heteroatoms. The van der Waals surface area contributed by atoms with Crippen LogP contribution in [0.1, 0.15) is 11.1 Å². The maximum absolute atomic E-state index is 11.1. The molecule has 2 aromatic carbocycles. The van der Waals surface area contributed by atoms with Crippen molar-refractivity contribution in [1.82, 2.24) is 0 Å². The summed E-state index contributed by atoms with van der Waals surface area (Å²) in [5.41, 5.74) is 1.52. The summed E-state index contributed by atoms with van der Waals surface area (Å²) in [4.78, 5) is 10.6. The van der Waals surface area contributed by atoms with Crippen molar-refractivity contribution in [2.24, 2.45) is 0 Å². The number of hydrogen-bond donors (Lipinski definition) is 0. The maximum atomic E-state index is 11.1. The Bertz CT molecular complexity index is 679. The first kappa shape index (κ1) is 16.3. The largest absolute Gasteiger partial charge is 0.482 e. The molecule has 4 nitrogen and oxygen atoms in total. The van der Waals surface area contributed by atoms with Crippen LogP contribution in [0.2, 0.25) is 5.02 Å². The maximum Gasteiger partial charge on any atom is 0.311 e. The van der Waals surface area contributed by atoms with Crippen LogP contribution in [0, 0.1) is 10.1 Å². The van der Waals surface area contributed by atoms with Crippen LogP contribution in [0.25, 0.3) is 0 Å². The van der Waals surface area contributed by atoms with E-state index >= 15 is 0 Å². The van der Waals surface area contributed by atoms with Crippen LogP contribution in [0.15, 0.2) is 40.9 Å². The monoisotopic (exact) mass is 433 g/mol. The summed E-state index contributed by atoms with van der Waals surface area (Å²) in [5.74, 6) is 0.226. The Morgan fingerprint density at radius 3 is 2.62 bits per heavy atom. The van der Waals surface area contributed by atoms with Gasteiger partial charge in [0.2, 0.25) is 0 Å². The second-order valence-electron chi connectivity index (χ2n) is 4.22. The molecule has 0 saturated heterocycles. The minimum absolute atomic E-state index is 0.0554. The summed E-state index contributed by atoms with van der Waals surface area (Å²) >= 11 is 12.7. The van der Waals surface area contributed by atoms with Crippen molar-refractivity contribution in [2.75, 3.05) is 0 Å². The van der Waals surface area contributed by atoms with Crippen LogP contribution < -0.4 is 4.74 Å². The third-order valence-electron chi connectivity index (χ3n) is 2.77.